The predicted molar refractivity (Wildman–Crippen MR) is 90.2 cm³/mol. The van der Waals surface area contributed by atoms with Gasteiger partial charge in [0.2, 0.25) is 5.95 Å². The highest BCUT2D eigenvalue weighted by atomic mass is 32.1. The summed E-state index contributed by atoms with van der Waals surface area (Å²) in [5.74, 6) is 1.51. The zero-order valence-corrected chi connectivity index (χ0v) is 13.8. The molecule has 0 saturated carbocycles. The van der Waals surface area contributed by atoms with E-state index in [0.717, 1.165) is 35.4 Å². The van der Waals surface area contributed by atoms with Crippen LogP contribution in [0, 0.1) is 0 Å². The smallest absolute Gasteiger partial charge is 0.226 e. The number of aliphatic hydroxyl groups is 1. The van der Waals surface area contributed by atoms with Gasteiger partial charge in [-0.2, -0.15) is 4.98 Å². The van der Waals surface area contributed by atoms with Crippen LogP contribution in [0.2, 0.25) is 0 Å². The second kappa shape index (κ2) is 7.04. The van der Waals surface area contributed by atoms with Crippen molar-refractivity contribution in [3.05, 3.63) is 11.4 Å². The van der Waals surface area contributed by atoms with Gasteiger partial charge in [-0.25, -0.2) is 4.98 Å². The highest BCUT2D eigenvalue weighted by Gasteiger charge is 2.23. The molecule has 3 N–H and O–H groups in total. The maximum Gasteiger partial charge on any atom is 0.226 e. The van der Waals surface area contributed by atoms with E-state index in [-0.39, 0.29) is 12.1 Å². The summed E-state index contributed by atoms with van der Waals surface area (Å²) in [6, 6.07) is 2.04. The number of fused-ring (bicyclic) bond motifs is 1. The van der Waals surface area contributed by atoms with E-state index in [9.17, 15) is 5.11 Å². The van der Waals surface area contributed by atoms with E-state index >= 15 is 0 Å². The van der Waals surface area contributed by atoms with Crippen LogP contribution in [0.15, 0.2) is 11.4 Å². The lowest BCUT2D eigenvalue weighted by Crippen LogP contribution is -2.35. The molecule has 2 aromatic heterocycles. The Balaban J connectivity index is 2.34. The number of nitrogens with zero attached hydrogens (tertiary/aromatic N) is 2. The highest BCUT2D eigenvalue weighted by molar-refractivity contribution is 7.16. The van der Waals surface area contributed by atoms with Crippen molar-refractivity contribution in [2.75, 3.05) is 23.8 Å². The first-order valence-corrected chi connectivity index (χ1v) is 8.38. The molecule has 0 bridgehead atoms. The number of hydrogen-bond acceptors (Lipinski definition) is 6. The monoisotopic (exact) mass is 308 g/mol. The predicted octanol–water partition coefficient (Wildman–Crippen LogP) is 3.48. The van der Waals surface area contributed by atoms with Crippen molar-refractivity contribution in [1.29, 1.82) is 0 Å². The van der Waals surface area contributed by atoms with E-state index in [1.165, 1.54) is 0 Å². The molecular weight excluding hydrogens is 284 g/mol. The van der Waals surface area contributed by atoms with E-state index in [4.69, 9.17) is 0 Å². The van der Waals surface area contributed by atoms with Crippen molar-refractivity contribution in [3.63, 3.8) is 0 Å². The van der Waals surface area contributed by atoms with Crippen LogP contribution < -0.4 is 10.6 Å². The van der Waals surface area contributed by atoms with Crippen LogP contribution in [0.25, 0.3) is 10.2 Å². The third kappa shape index (κ3) is 3.83. The molecule has 6 heteroatoms. The van der Waals surface area contributed by atoms with Crippen LogP contribution in [0.4, 0.5) is 11.8 Å². The lowest BCUT2D eigenvalue weighted by Gasteiger charge is -2.30. The molecule has 1 atom stereocenters. The van der Waals surface area contributed by atoms with Crippen molar-refractivity contribution in [2.45, 2.75) is 45.6 Å². The van der Waals surface area contributed by atoms with Gasteiger partial charge in [-0.3, -0.25) is 0 Å². The number of thiophene rings is 1. The standard InChI is InChI=1S/C15H24N4OS/c1-4-8-16-14-17-12(11-6-10-21-13(11)18-14)19-15(3,5-2)7-9-20/h6,10,20H,4-5,7-9H2,1-3H3,(H2,16,17,18,19). The highest BCUT2D eigenvalue weighted by Crippen LogP contribution is 2.30. The number of aliphatic hydroxyl groups excluding tert-OH is 1. The van der Waals surface area contributed by atoms with Crippen molar-refractivity contribution in [1.82, 2.24) is 9.97 Å². The van der Waals surface area contributed by atoms with Gasteiger partial charge in [-0.15, -0.1) is 11.3 Å². The molecule has 0 saturated heterocycles. The van der Waals surface area contributed by atoms with Crippen LogP contribution in [0.5, 0.6) is 0 Å². The van der Waals surface area contributed by atoms with Crippen molar-refractivity contribution >= 4 is 33.3 Å². The molecule has 0 aromatic carbocycles. The minimum atomic E-state index is -0.167. The molecule has 2 heterocycles. The zero-order chi connectivity index (χ0) is 15.3. The topological polar surface area (TPSA) is 70.1 Å². The summed E-state index contributed by atoms with van der Waals surface area (Å²) < 4.78 is 0. The summed E-state index contributed by atoms with van der Waals surface area (Å²) in [5.41, 5.74) is -0.167. The average molecular weight is 308 g/mol. The largest absolute Gasteiger partial charge is 0.396 e. The molecule has 0 aliphatic carbocycles. The molecule has 0 aliphatic heterocycles. The van der Waals surface area contributed by atoms with Crippen molar-refractivity contribution in [2.24, 2.45) is 0 Å². The van der Waals surface area contributed by atoms with Crippen LogP contribution in [0.3, 0.4) is 0 Å². The van der Waals surface area contributed by atoms with E-state index in [1.54, 1.807) is 11.3 Å². The number of anilines is 2. The van der Waals surface area contributed by atoms with Gasteiger partial charge in [0.15, 0.2) is 0 Å². The van der Waals surface area contributed by atoms with Crippen LogP contribution in [-0.4, -0.2) is 33.8 Å². The second-order valence-corrected chi connectivity index (χ2v) is 6.37. The summed E-state index contributed by atoms with van der Waals surface area (Å²) in [7, 11) is 0. The van der Waals surface area contributed by atoms with Crippen LogP contribution in [-0.2, 0) is 0 Å². The van der Waals surface area contributed by atoms with Gasteiger partial charge in [-0.05, 0) is 37.6 Å². The summed E-state index contributed by atoms with van der Waals surface area (Å²) in [6.07, 6.45) is 2.64. The lowest BCUT2D eigenvalue weighted by molar-refractivity contribution is 0.252. The van der Waals surface area contributed by atoms with Gasteiger partial charge >= 0.3 is 0 Å². The average Bonchev–Trinajstić information content (AvgIpc) is 2.94. The Hall–Kier alpha value is -1.40. The van der Waals surface area contributed by atoms with Gasteiger partial charge in [0, 0.05) is 18.7 Å². The summed E-state index contributed by atoms with van der Waals surface area (Å²) in [6.45, 7) is 7.37. The molecule has 0 amide bonds. The number of aromatic nitrogens is 2. The maximum atomic E-state index is 9.27. The molecule has 1 unspecified atom stereocenters. The summed E-state index contributed by atoms with van der Waals surface area (Å²) in [5, 5.41) is 19.1. The van der Waals surface area contributed by atoms with Gasteiger partial charge in [0.25, 0.3) is 0 Å². The van der Waals surface area contributed by atoms with Gasteiger partial charge < -0.3 is 15.7 Å². The Kier molecular flexibility index (Phi) is 5.36. The van der Waals surface area contributed by atoms with Crippen molar-refractivity contribution in [3.8, 4) is 0 Å². The second-order valence-electron chi connectivity index (χ2n) is 5.47. The molecule has 2 rings (SSSR count). The maximum absolute atomic E-state index is 9.27. The first-order valence-electron chi connectivity index (χ1n) is 7.50. The quantitative estimate of drug-likeness (QED) is 0.696. The molecule has 0 fully saturated rings. The Morgan fingerprint density at radius 2 is 2.14 bits per heavy atom. The number of rotatable bonds is 8. The Morgan fingerprint density at radius 3 is 2.81 bits per heavy atom. The molecule has 0 radical (unpaired) electrons. The summed E-state index contributed by atoms with van der Waals surface area (Å²) >= 11 is 1.62. The Labute approximate surface area is 129 Å². The Morgan fingerprint density at radius 1 is 1.33 bits per heavy atom. The third-order valence-corrected chi connectivity index (χ3v) is 4.53. The van der Waals surface area contributed by atoms with Gasteiger partial charge in [0.1, 0.15) is 10.6 Å². The van der Waals surface area contributed by atoms with E-state index in [0.29, 0.717) is 12.4 Å². The molecule has 21 heavy (non-hydrogen) atoms. The molecule has 5 nitrogen and oxygen atoms in total. The van der Waals surface area contributed by atoms with Crippen LogP contribution >= 0.6 is 11.3 Å². The van der Waals surface area contributed by atoms with E-state index in [2.05, 4.69) is 41.4 Å². The molecule has 0 aliphatic rings. The third-order valence-electron chi connectivity index (χ3n) is 3.72. The number of nitrogens with one attached hydrogen (secondary N) is 2. The minimum absolute atomic E-state index is 0.163. The fraction of sp³-hybridized carbons (Fsp3) is 0.600. The van der Waals surface area contributed by atoms with E-state index < -0.39 is 0 Å². The van der Waals surface area contributed by atoms with Crippen molar-refractivity contribution < 1.29 is 5.11 Å². The first kappa shape index (κ1) is 16.0. The van der Waals surface area contributed by atoms with Gasteiger partial charge in [0.05, 0.1) is 5.39 Å². The molecule has 116 valence electrons. The van der Waals surface area contributed by atoms with Crippen LogP contribution in [0.1, 0.15) is 40.0 Å². The van der Waals surface area contributed by atoms with Gasteiger partial charge in [-0.1, -0.05) is 13.8 Å². The molecular formula is C15H24N4OS. The minimum Gasteiger partial charge on any atom is -0.396 e. The first-order chi connectivity index (χ1) is 10.1. The normalized spacial score (nSPS) is 14.1. The summed E-state index contributed by atoms with van der Waals surface area (Å²) in [4.78, 5) is 10.1. The zero-order valence-electron chi connectivity index (χ0n) is 12.9. The SMILES string of the molecule is CCCNc1nc(NC(C)(CC)CCO)c2ccsc2n1. The molecule has 2 aromatic rings. The molecule has 0 spiro atoms. The fourth-order valence-electron chi connectivity index (χ4n) is 2.13. The fourth-order valence-corrected chi connectivity index (χ4v) is 2.89. The number of hydrogen-bond donors (Lipinski definition) is 3. The lowest BCUT2D eigenvalue weighted by atomic mass is 9.95. The van der Waals surface area contributed by atoms with E-state index in [1.807, 2.05) is 11.4 Å². The Bertz CT molecular complexity index is 586.